The molecule has 0 radical (unpaired) electrons. The monoisotopic (exact) mass is 420 g/mol. The van der Waals surface area contributed by atoms with E-state index in [2.05, 4.69) is 26.5 Å². The van der Waals surface area contributed by atoms with Gasteiger partial charge in [0.1, 0.15) is 5.82 Å². The molecule has 2 aromatic rings. The minimum atomic E-state index is -2.74. The summed E-state index contributed by atoms with van der Waals surface area (Å²) in [6.07, 6.45) is -1.46. The second-order valence-electron chi connectivity index (χ2n) is 7.20. The van der Waals surface area contributed by atoms with Crippen LogP contribution in [0.4, 0.5) is 26.5 Å². The lowest BCUT2D eigenvalue weighted by Gasteiger charge is -2.31. The number of nitrogens with two attached hydrogens (primary N) is 1. The van der Waals surface area contributed by atoms with Gasteiger partial charge < -0.3 is 15.2 Å². The van der Waals surface area contributed by atoms with Gasteiger partial charge in [-0.3, -0.25) is 9.80 Å². The summed E-state index contributed by atoms with van der Waals surface area (Å²) < 4.78 is 38.4. The number of hydrogen-bond acceptors (Lipinski definition) is 8. The molecule has 2 aliphatic heterocycles. The minimum absolute atomic E-state index is 0.0142. The summed E-state index contributed by atoms with van der Waals surface area (Å²) in [5.74, 6) is 1.13. The number of rotatable bonds is 4. The molecule has 30 heavy (non-hydrogen) atoms. The second-order valence-corrected chi connectivity index (χ2v) is 7.20. The number of hydrogen-bond donors (Lipinski definition) is 1. The van der Waals surface area contributed by atoms with E-state index in [9.17, 15) is 8.78 Å². The zero-order valence-corrected chi connectivity index (χ0v) is 16.6. The van der Waals surface area contributed by atoms with Crippen LogP contribution in [0.5, 0.6) is 0 Å². The Hall–Kier alpha value is -2.92. The van der Waals surface area contributed by atoms with Gasteiger partial charge >= 0.3 is 11.9 Å². The van der Waals surface area contributed by atoms with Crippen molar-refractivity contribution in [1.82, 2.24) is 15.0 Å². The summed E-state index contributed by atoms with van der Waals surface area (Å²) in [6, 6.07) is 1.21. The molecule has 0 unspecified atom stereocenters. The Morgan fingerprint density at radius 2 is 2.00 bits per heavy atom. The van der Waals surface area contributed by atoms with E-state index in [1.807, 2.05) is 16.7 Å². The van der Waals surface area contributed by atoms with Gasteiger partial charge in [0.25, 0.3) is 12.2 Å². The molecule has 0 bridgehead atoms. The van der Waals surface area contributed by atoms with Crippen LogP contribution in [0.15, 0.2) is 24.5 Å². The van der Waals surface area contributed by atoms with Crippen molar-refractivity contribution in [3.63, 3.8) is 0 Å². The van der Waals surface area contributed by atoms with Gasteiger partial charge in [0, 0.05) is 11.8 Å². The molecule has 2 saturated heterocycles. The Labute approximate surface area is 172 Å². The first-order valence-electron chi connectivity index (χ1n) is 9.66. The molecule has 4 rings (SSSR count). The Balaban J connectivity index is 1.85. The molecule has 0 spiro atoms. The van der Waals surface area contributed by atoms with E-state index in [-0.39, 0.29) is 28.8 Å². The molecule has 0 aromatic carbocycles. The first kappa shape index (κ1) is 20.4. The summed E-state index contributed by atoms with van der Waals surface area (Å²) in [4.78, 5) is 20.2. The van der Waals surface area contributed by atoms with Gasteiger partial charge in [-0.05, 0) is 13.0 Å². The molecule has 9 nitrogen and oxygen atoms in total. The maximum Gasteiger partial charge on any atom is 0.328 e. The maximum atomic E-state index is 13.7. The predicted octanol–water partition coefficient (Wildman–Crippen LogP) is 1.45. The number of halogens is 2. The average molecular weight is 420 g/mol. The third-order valence-electron chi connectivity index (χ3n) is 5.09. The number of alkyl halides is 2. The highest BCUT2D eigenvalue weighted by atomic mass is 19.3. The first-order valence-corrected chi connectivity index (χ1v) is 9.66. The van der Waals surface area contributed by atoms with E-state index in [0.29, 0.717) is 57.1 Å². The van der Waals surface area contributed by atoms with Gasteiger partial charge in [-0.25, -0.2) is 18.7 Å². The molecule has 4 heterocycles. The number of nitrogen functional groups attached to an aromatic ring is 1. The highest BCUT2D eigenvalue weighted by Gasteiger charge is 2.31. The highest BCUT2D eigenvalue weighted by molar-refractivity contribution is 5.63. The Morgan fingerprint density at radius 3 is 2.73 bits per heavy atom. The Morgan fingerprint density at radius 1 is 1.23 bits per heavy atom. The number of nitrogens with one attached hydrogen (secondary N) is 1. The lowest BCUT2D eigenvalue weighted by atomic mass is 10.1. The molecule has 0 aliphatic carbocycles. The van der Waals surface area contributed by atoms with Crippen LogP contribution in [0.3, 0.4) is 0 Å². The zero-order chi connectivity index (χ0) is 21.3. The van der Waals surface area contributed by atoms with Crippen molar-refractivity contribution in [1.29, 1.82) is 0 Å². The average Bonchev–Trinajstić information content (AvgIpc) is 2.74. The van der Waals surface area contributed by atoms with Gasteiger partial charge in [-0.2, -0.15) is 0 Å². The molecule has 160 valence electrons. The van der Waals surface area contributed by atoms with Crippen LogP contribution in [0, 0.1) is 0 Å². The quantitative estimate of drug-likeness (QED) is 0.793. The number of nitrogens with zero attached hydrogens (tertiary/aromatic N) is 5. The number of aromatic amines is 1. The third-order valence-corrected chi connectivity index (χ3v) is 5.09. The molecular weight excluding hydrogens is 396 g/mol. The zero-order valence-electron chi connectivity index (χ0n) is 16.6. The number of aromatic nitrogens is 4. The lowest BCUT2D eigenvalue weighted by molar-refractivity contribution is -0.359. The number of anilines is 3. The summed E-state index contributed by atoms with van der Waals surface area (Å²) in [5, 5.41) is 0. The summed E-state index contributed by atoms with van der Waals surface area (Å²) >= 11 is 0. The van der Waals surface area contributed by atoms with Crippen LogP contribution >= 0.6 is 0 Å². The third kappa shape index (κ3) is 4.03. The molecule has 2 fully saturated rings. The smallest absolute Gasteiger partial charge is 0.328 e. The van der Waals surface area contributed by atoms with Crippen LogP contribution in [0.1, 0.15) is 18.9 Å². The molecule has 0 amide bonds. The van der Waals surface area contributed by atoms with Crippen LogP contribution in [0.2, 0.25) is 0 Å². The maximum absolute atomic E-state index is 13.7. The first-order chi connectivity index (χ1) is 14.4. The lowest BCUT2D eigenvalue weighted by Crippen LogP contribution is -2.48. The van der Waals surface area contributed by atoms with Crippen molar-refractivity contribution in [3.05, 3.63) is 30.1 Å². The van der Waals surface area contributed by atoms with Crippen molar-refractivity contribution in [3.8, 4) is 11.4 Å². The molecule has 1 atom stereocenters. The second kappa shape index (κ2) is 8.44. The standard InChI is InChI=1S/C19H23F2N7O2/c1-11-9-29-5-3-27(11)18-24-17(14-8-23-15(22)7-13(14)16(20)21)25-19(26-18)28-4-6-30-10-12(28)2/h7-8,12,16H,1,3-6,9-10H2,2H3,(H2,22,23)/p+1/t12-/m0/s1. The van der Waals surface area contributed by atoms with Crippen LogP contribution in [-0.2, 0) is 9.47 Å². The molecule has 0 saturated carbocycles. The highest BCUT2D eigenvalue weighted by Crippen LogP contribution is 2.31. The van der Waals surface area contributed by atoms with E-state index in [0.717, 1.165) is 6.07 Å². The Kier molecular flexibility index (Phi) is 5.73. The van der Waals surface area contributed by atoms with Crippen molar-refractivity contribution in [2.45, 2.75) is 19.4 Å². The summed E-state index contributed by atoms with van der Waals surface area (Å²) in [5.41, 5.74) is 6.21. The molecule has 2 aliphatic rings. The van der Waals surface area contributed by atoms with Gasteiger partial charge in [-0.1, -0.05) is 16.5 Å². The van der Waals surface area contributed by atoms with Gasteiger partial charge in [0.15, 0.2) is 0 Å². The van der Waals surface area contributed by atoms with E-state index in [4.69, 9.17) is 15.2 Å². The fraction of sp³-hybridized carbons (Fsp3) is 0.474. The number of ether oxygens (including phenoxy) is 2. The van der Waals surface area contributed by atoms with E-state index >= 15 is 0 Å². The van der Waals surface area contributed by atoms with Crippen LogP contribution in [-0.4, -0.2) is 60.5 Å². The number of morpholine rings is 2. The normalized spacial score (nSPS) is 20.1. The number of H-pyrrole nitrogens is 1. The fourth-order valence-electron chi connectivity index (χ4n) is 3.50. The topological polar surface area (TPSA) is 104 Å². The van der Waals surface area contributed by atoms with Crippen LogP contribution < -0.4 is 20.5 Å². The SMILES string of the molecule is C=C1COCCN1c1nc(-c2cnc(N)cc2C(F)F)nc(N2CCOC[C@@H]2C)[nH+]1. The van der Waals surface area contributed by atoms with E-state index < -0.39 is 6.43 Å². The number of pyridine rings is 1. The van der Waals surface area contributed by atoms with E-state index in [1.165, 1.54) is 6.20 Å². The predicted molar refractivity (Wildman–Crippen MR) is 106 cm³/mol. The van der Waals surface area contributed by atoms with E-state index in [1.54, 1.807) is 0 Å². The van der Waals surface area contributed by atoms with Gasteiger partial charge in [-0.15, -0.1) is 0 Å². The van der Waals surface area contributed by atoms with Crippen molar-refractivity contribution < 1.29 is 23.2 Å². The summed E-state index contributed by atoms with van der Waals surface area (Å²) in [7, 11) is 0. The van der Waals surface area contributed by atoms with Gasteiger partial charge in [0.05, 0.1) is 56.8 Å². The molecule has 2 aromatic heterocycles. The largest absolute Gasteiger partial charge is 0.384 e. The molecule has 3 N–H and O–H groups in total. The molecule has 11 heteroatoms. The van der Waals surface area contributed by atoms with Gasteiger partial charge in [0.2, 0.25) is 0 Å². The summed E-state index contributed by atoms with van der Waals surface area (Å²) in [6.45, 7) is 9.13. The fourth-order valence-corrected chi connectivity index (χ4v) is 3.50. The van der Waals surface area contributed by atoms with Crippen molar-refractivity contribution in [2.75, 3.05) is 55.1 Å². The van der Waals surface area contributed by atoms with Crippen molar-refractivity contribution in [2.24, 2.45) is 0 Å². The molecular formula is C19H24F2N7O2+. The van der Waals surface area contributed by atoms with Crippen LogP contribution in [0.25, 0.3) is 11.4 Å². The van der Waals surface area contributed by atoms with Crippen molar-refractivity contribution >= 4 is 17.7 Å². The minimum Gasteiger partial charge on any atom is -0.384 e. The Bertz CT molecular complexity index is 943.